The summed E-state index contributed by atoms with van der Waals surface area (Å²) in [4.78, 5) is 0. The fraction of sp³-hybridized carbons (Fsp3) is 1.00. The van der Waals surface area contributed by atoms with Crippen molar-refractivity contribution in [1.82, 2.24) is 0 Å². The summed E-state index contributed by atoms with van der Waals surface area (Å²) in [7, 11) is -4.56. The molecule has 0 amide bonds. The molecule has 43 valence electrons. The number of hydrogen-bond donors (Lipinski definition) is 0. The van der Waals surface area contributed by atoms with Crippen LogP contribution in [0.3, 0.4) is 0 Å². The Bertz CT molecular complexity index is 125. The average Bonchev–Trinajstić information content (AvgIpc) is 1.30. The first-order valence-electron chi connectivity index (χ1n) is 1.22. The van der Waals surface area contributed by atoms with Gasteiger partial charge in [-0.1, -0.05) is 16.2 Å². The highest BCUT2D eigenvalue weighted by Gasteiger charge is 2.02. The molecule has 0 aromatic carbocycles. The van der Waals surface area contributed by atoms with Crippen LogP contribution in [0.15, 0.2) is 0 Å². The normalized spacial score (nSPS) is 11.7. The summed E-state index contributed by atoms with van der Waals surface area (Å²) < 4.78 is 31.5. The fourth-order valence-electron chi connectivity index (χ4n) is 0.0546. The largest absolute Gasteiger partial charge is 0.428 e. The summed E-state index contributed by atoms with van der Waals surface area (Å²) in [5, 5.41) is 0. The van der Waals surface area contributed by atoms with E-state index in [0.29, 0.717) is 0 Å². The average molecular weight is 146 g/mol. The predicted molar refractivity (Wildman–Crippen MR) is 21.4 cm³/mol. The second kappa shape index (κ2) is 2.46. The Balaban J connectivity index is 3.60. The predicted octanol–water partition coefficient (Wildman–Crippen LogP) is -0.125. The van der Waals surface area contributed by atoms with Crippen LogP contribution in [0.4, 0.5) is 0 Å². The Hall–Kier alpha value is 0.160. The molecule has 0 aromatic rings. The second-order valence-corrected chi connectivity index (χ2v) is 1.91. The van der Waals surface area contributed by atoms with E-state index in [1.807, 2.05) is 0 Å². The molecule has 0 saturated carbocycles. The molecule has 0 aliphatic carbocycles. The maximum atomic E-state index is 9.37. The molecule has 0 unspecified atom stereocenters. The lowest BCUT2D eigenvalue weighted by Crippen LogP contribution is -1.98. The van der Waals surface area contributed by atoms with Crippen LogP contribution >= 0.6 is 11.6 Å². The Kier molecular flexibility index (Phi) is 2.52. The van der Waals surface area contributed by atoms with Gasteiger partial charge < -0.3 is 0 Å². The summed E-state index contributed by atoms with van der Waals surface area (Å²) in [5.74, 6) is 0. The summed E-state index contributed by atoms with van der Waals surface area (Å²) >= 11 is 4.68. The molecule has 0 spiro atoms. The van der Waals surface area contributed by atoms with Crippen LogP contribution in [0, 0.1) is 0 Å². The van der Waals surface area contributed by atoms with Gasteiger partial charge in [0.2, 0.25) is 0 Å². The van der Waals surface area contributed by atoms with Crippen LogP contribution < -0.4 is 0 Å². The SMILES string of the molecule is [O]S(=O)(=O)OCCl. The molecular weight excluding hydrogens is 144 g/mol. The van der Waals surface area contributed by atoms with Crippen molar-refractivity contribution in [2.24, 2.45) is 0 Å². The van der Waals surface area contributed by atoms with E-state index in [2.05, 4.69) is 15.8 Å². The highest BCUT2D eigenvalue weighted by atomic mass is 35.5. The van der Waals surface area contributed by atoms with E-state index in [1.165, 1.54) is 0 Å². The van der Waals surface area contributed by atoms with Crippen LogP contribution in [0.25, 0.3) is 0 Å². The lowest BCUT2D eigenvalue weighted by molar-refractivity contribution is 0.277. The number of alkyl halides is 1. The van der Waals surface area contributed by atoms with Crippen LogP contribution in [0.5, 0.6) is 0 Å². The molecule has 4 nitrogen and oxygen atoms in total. The molecule has 0 N–H and O–H groups in total. The highest BCUT2D eigenvalue weighted by Crippen LogP contribution is 1.87. The number of rotatable bonds is 2. The van der Waals surface area contributed by atoms with Gasteiger partial charge in [-0.2, -0.15) is 8.42 Å². The van der Waals surface area contributed by atoms with Crippen molar-refractivity contribution < 1.29 is 17.2 Å². The zero-order valence-corrected chi connectivity index (χ0v) is 4.70. The molecular formula is CH2ClO4S. The molecule has 0 aromatic heterocycles. The molecule has 0 fully saturated rings. The van der Waals surface area contributed by atoms with Crippen molar-refractivity contribution in [1.29, 1.82) is 0 Å². The van der Waals surface area contributed by atoms with Crippen LogP contribution in [-0.4, -0.2) is 14.5 Å². The van der Waals surface area contributed by atoms with E-state index in [0.717, 1.165) is 0 Å². The minimum absolute atomic E-state index is 0.619. The third-order valence-corrected chi connectivity index (χ3v) is 0.834. The highest BCUT2D eigenvalue weighted by molar-refractivity contribution is 7.80. The van der Waals surface area contributed by atoms with Gasteiger partial charge in [0, 0.05) is 0 Å². The van der Waals surface area contributed by atoms with E-state index >= 15 is 0 Å². The van der Waals surface area contributed by atoms with Gasteiger partial charge in [0.05, 0.1) is 0 Å². The van der Waals surface area contributed by atoms with Crippen molar-refractivity contribution >= 4 is 22.0 Å². The first-order chi connectivity index (χ1) is 3.06. The molecule has 6 heteroatoms. The van der Waals surface area contributed by atoms with Gasteiger partial charge in [0.15, 0.2) is 0 Å². The molecule has 0 heterocycles. The summed E-state index contributed by atoms with van der Waals surface area (Å²) in [6.45, 7) is 0. The van der Waals surface area contributed by atoms with E-state index in [9.17, 15) is 13.0 Å². The quantitative estimate of drug-likeness (QED) is 0.509. The molecule has 7 heavy (non-hydrogen) atoms. The summed E-state index contributed by atoms with van der Waals surface area (Å²) in [5.41, 5.74) is 0. The number of halogens is 1. The van der Waals surface area contributed by atoms with Gasteiger partial charge in [-0.05, 0) is 0 Å². The Morgan fingerprint density at radius 3 is 2.00 bits per heavy atom. The molecule has 0 atom stereocenters. The van der Waals surface area contributed by atoms with E-state index in [4.69, 9.17) is 0 Å². The lowest BCUT2D eigenvalue weighted by Gasteiger charge is -1.84. The van der Waals surface area contributed by atoms with E-state index < -0.39 is 16.5 Å². The molecule has 0 bridgehead atoms. The van der Waals surface area contributed by atoms with Crippen molar-refractivity contribution in [2.45, 2.75) is 0 Å². The first kappa shape index (κ1) is 7.16. The van der Waals surface area contributed by atoms with Gasteiger partial charge in [-0.3, -0.25) is 0 Å². The van der Waals surface area contributed by atoms with Gasteiger partial charge in [-0.15, -0.1) is 0 Å². The van der Waals surface area contributed by atoms with Gasteiger partial charge in [-0.25, -0.2) is 4.18 Å². The maximum absolute atomic E-state index is 9.37. The Morgan fingerprint density at radius 1 is 1.57 bits per heavy atom. The zero-order chi connectivity index (χ0) is 5.91. The van der Waals surface area contributed by atoms with Gasteiger partial charge in [0.25, 0.3) is 0 Å². The molecule has 0 rings (SSSR count). The Labute approximate surface area is 46.0 Å². The second-order valence-electron chi connectivity index (χ2n) is 0.635. The smallest absolute Gasteiger partial charge is 0.230 e. The fourth-order valence-corrected chi connectivity index (χ4v) is 0.491. The van der Waals surface area contributed by atoms with E-state index in [-0.39, 0.29) is 0 Å². The lowest BCUT2D eigenvalue weighted by atomic mass is 11.7. The first-order valence-corrected chi connectivity index (χ1v) is 3.09. The Morgan fingerprint density at radius 2 is 2.00 bits per heavy atom. The zero-order valence-electron chi connectivity index (χ0n) is 3.13. The van der Waals surface area contributed by atoms with Gasteiger partial charge in [0.1, 0.15) is 6.07 Å². The summed E-state index contributed by atoms with van der Waals surface area (Å²) in [6, 6.07) is -0.619. The molecule has 0 saturated heterocycles. The third-order valence-electron chi connectivity index (χ3n) is 0.189. The van der Waals surface area contributed by atoms with Crippen molar-refractivity contribution in [3.05, 3.63) is 0 Å². The van der Waals surface area contributed by atoms with Crippen LogP contribution in [0.1, 0.15) is 0 Å². The molecule has 0 aliphatic heterocycles. The minimum atomic E-state index is -4.56. The summed E-state index contributed by atoms with van der Waals surface area (Å²) in [6.07, 6.45) is 0. The topological polar surface area (TPSA) is 63.3 Å². The third kappa shape index (κ3) is 6.16. The van der Waals surface area contributed by atoms with Crippen molar-refractivity contribution in [3.8, 4) is 0 Å². The van der Waals surface area contributed by atoms with Crippen molar-refractivity contribution in [3.63, 3.8) is 0 Å². The minimum Gasteiger partial charge on any atom is -0.230 e. The van der Waals surface area contributed by atoms with E-state index in [1.54, 1.807) is 0 Å². The molecule has 0 aliphatic rings. The standard InChI is InChI=1S/CH2ClO4S/c2-1-6-7(3,4)5/h1H2. The van der Waals surface area contributed by atoms with Crippen LogP contribution in [-0.2, 0) is 19.1 Å². The van der Waals surface area contributed by atoms with Crippen molar-refractivity contribution in [2.75, 3.05) is 6.07 Å². The van der Waals surface area contributed by atoms with Crippen LogP contribution in [0.2, 0.25) is 0 Å². The maximum Gasteiger partial charge on any atom is 0.428 e. The van der Waals surface area contributed by atoms with Gasteiger partial charge >= 0.3 is 10.4 Å². The number of hydrogen-bond acceptors (Lipinski definition) is 3. The monoisotopic (exact) mass is 145 g/mol. The molecule has 1 radical (unpaired) electrons.